The molecule has 1 fully saturated rings. The summed E-state index contributed by atoms with van der Waals surface area (Å²) in [7, 11) is 0. The Morgan fingerprint density at radius 1 is 1.56 bits per heavy atom. The van der Waals surface area contributed by atoms with Gasteiger partial charge < -0.3 is 15.3 Å². The number of carboxylic acid groups (broad SMARTS) is 1. The lowest BCUT2D eigenvalue weighted by Crippen LogP contribution is -2.39. The molecule has 1 atom stereocenters. The molecular formula is C11H18N2O3. The number of aliphatic carboxylic acids is 1. The molecule has 5 nitrogen and oxygen atoms in total. The summed E-state index contributed by atoms with van der Waals surface area (Å²) < 4.78 is 0. The maximum absolute atomic E-state index is 11.6. The van der Waals surface area contributed by atoms with Gasteiger partial charge in [-0.3, -0.25) is 4.79 Å². The molecule has 1 aliphatic rings. The highest BCUT2D eigenvalue weighted by Gasteiger charge is 2.30. The Balaban J connectivity index is 2.28. The van der Waals surface area contributed by atoms with Gasteiger partial charge in [0.05, 0.1) is 5.92 Å². The van der Waals surface area contributed by atoms with E-state index in [9.17, 15) is 9.59 Å². The molecule has 16 heavy (non-hydrogen) atoms. The van der Waals surface area contributed by atoms with E-state index >= 15 is 0 Å². The molecular weight excluding hydrogens is 208 g/mol. The van der Waals surface area contributed by atoms with E-state index in [1.807, 2.05) is 6.92 Å². The number of amides is 2. The molecule has 0 aliphatic carbocycles. The number of hydrogen-bond acceptors (Lipinski definition) is 2. The fourth-order valence-corrected chi connectivity index (χ4v) is 1.64. The van der Waals surface area contributed by atoms with Crippen LogP contribution in [-0.2, 0) is 4.79 Å². The van der Waals surface area contributed by atoms with Gasteiger partial charge in [-0.25, -0.2) is 4.79 Å². The fraction of sp³-hybridized carbons (Fsp3) is 0.636. The molecule has 0 aromatic heterocycles. The van der Waals surface area contributed by atoms with Crippen molar-refractivity contribution < 1.29 is 14.7 Å². The zero-order chi connectivity index (χ0) is 12.1. The Labute approximate surface area is 95.1 Å². The molecule has 2 N–H and O–H groups in total. The summed E-state index contributed by atoms with van der Waals surface area (Å²) in [5.41, 5.74) is 1.02. The Morgan fingerprint density at radius 3 is 2.75 bits per heavy atom. The van der Waals surface area contributed by atoms with Crippen LogP contribution in [0, 0.1) is 5.92 Å². The van der Waals surface area contributed by atoms with Crippen LogP contribution in [0.15, 0.2) is 12.2 Å². The highest BCUT2D eigenvalue weighted by atomic mass is 16.4. The van der Waals surface area contributed by atoms with Gasteiger partial charge in [0.25, 0.3) is 0 Å². The van der Waals surface area contributed by atoms with Crippen LogP contribution in [0.5, 0.6) is 0 Å². The van der Waals surface area contributed by atoms with Crippen LogP contribution in [0.1, 0.15) is 19.8 Å². The van der Waals surface area contributed by atoms with Gasteiger partial charge in [0.1, 0.15) is 0 Å². The number of likely N-dealkylation sites (tertiary alicyclic amines) is 1. The number of carbonyl (C=O) groups excluding carboxylic acids is 1. The first-order valence-corrected chi connectivity index (χ1v) is 5.40. The predicted molar refractivity (Wildman–Crippen MR) is 60.1 cm³/mol. The van der Waals surface area contributed by atoms with E-state index < -0.39 is 11.9 Å². The van der Waals surface area contributed by atoms with E-state index in [1.54, 1.807) is 4.90 Å². The van der Waals surface area contributed by atoms with Gasteiger partial charge >= 0.3 is 12.0 Å². The van der Waals surface area contributed by atoms with Crippen LogP contribution >= 0.6 is 0 Å². The third kappa shape index (κ3) is 3.56. The lowest BCUT2D eigenvalue weighted by Gasteiger charge is -2.16. The molecule has 0 aromatic carbocycles. The second-order valence-corrected chi connectivity index (χ2v) is 4.21. The second kappa shape index (κ2) is 5.53. The van der Waals surface area contributed by atoms with E-state index in [4.69, 9.17) is 5.11 Å². The monoisotopic (exact) mass is 226 g/mol. The number of hydrogen-bond donors (Lipinski definition) is 2. The molecule has 0 bridgehead atoms. The number of carbonyl (C=O) groups is 2. The number of carboxylic acids is 1. The van der Waals surface area contributed by atoms with Gasteiger partial charge in [-0.2, -0.15) is 0 Å². The molecule has 0 aromatic rings. The number of nitrogens with zero attached hydrogens (tertiary/aromatic N) is 1. The minimum absolute atomic E-state index is 0.176. The quantitative estimate of drug-likeness (QED) is 0.704. The average molecular weight is 226 g/mol. The van der Waals surface area contributed by atoms with Crippen LogP contribution < -0.4 is 5.32 Å². The van der Waals surface area contributed by atoms with E-state index in [1.165, 1.54) is 0 Å². The summed E-state index contributed by atoms with van der Waals surface area (Å²) in [6.45, 7) is 7.04. The summed E-state index contributed by atoms with van der Waals surface area (Å²) in [5.74, 6) is -1.23. The molecule has 0 saturated carbocycles. The molecule has 5 heteroatoms. The molecule has 0 spiro atoms. The standard InChI is InChI=1S/C11H18N2O3/c1-8(2)3-5-12-11(16)13-6-4-9(7-13)10(14)15/h9H,1,3-7H2,2H3,(H,12,16)(H,14,15). The summed E-state index contributed by atoms with van der Waals surface area (Å²) in [4.78, 5) is 23.8. The van der Waals surface area contributed by atoms with Crippen molar-refractivity contribution in [2.24, 2.45) is 5.92 Å². The largest absolute Gasteiger partial charge is 0.481 e. The zero-order valence-electron chi connectivity index (χ0n) is 9.53. The molecule has 1 heterocycles. The maximum Gasteiger partial charge on any atom is 0.317 e. The summed E-state index contributed by atoms with van der Waals surface area (Å²) in [6, 6.07) is -0.176. The highest BCUT2D eigenvalue weighted by molar-refractivity contribution is 5.77. The highest BCUT2D eigenvalue weighted by Crippen LogP contribution is 2.15. The van der Waals surface area contributed by atoms with Crippen LogP contribution in [0.25, 0.3) is 0 Å². The van der Waals surface area contributed by atoms with Crippen molar-refractivity contribution in [2.75, 3.05) is 19.6 Å². The smallest absolute Gasteiger partial charge is 0.317 e. The Morgan fingerprint density at radius 2 is 2.25 bits per heavy atom. The summed E-state index contributed by atoms with van der Waals surface area (Å²) in [5, 5.41) is 11.5. The molecule has 0 radical (unpaired) electrons. The van der Waals surface area contributed by atoms with Crippen LogP contribution in [0.2, 0.25) is 0 Å². The molecule has 1 rings (SSSR count). The minimum Gasteiger partial charge on any atom is -0.481 e. The Hall–Kier alpha value is -1.52. The van der Waals surface area contributed by atoms with Crippen molar-refractivity contribution in [1.82, 2.24) is 10.2 Å². The van der Waals surface area contributed by atoms with Gasteiger partial charge in [0.15, 0.2) is 0 Å². The second-order valence-electron chi connectivity index (χ2n) is 4.21. The van der Waals surface area contributed by atoms with Crippen LogP contribution in [0.3, 0.4) is 0 Å². The molecule has 1 aliphatic heterocycles. The van der Waals surface area contributed by atoms with Crippen molar-refractivity contribution in [3.8, 4) is 0 Å². The minimum atomic E-state index is -0.822. The first-order chi connectivity index (χ1) is 7.50. The van der Waals surface area contributed by atoms with Crippen molar-refractivity contribution in [1.29, 1.82) is 0 Å². The van der Waals surface area contributed by atoms with Crippen LogP contribution in [-0.4, -0.2) is 41.6 Å². The first kappa shape index (κ1) is 12.5. The predicted octanol–water partition coefficient (Wildman–Crippen LogP) is 1.07. The normalized spacial score (nSPS) is 19.6. The lowest BCUT2D eigenvalue weighted by atomic mass is 10.1. The average Bonchev–Trinajstić information content (AvgIpc) is 2.65. The SMILES string of the molecule is C=C(C)CCNC(=O)N1CCC(C(=O)O)C1. The zero-order valence-corrected chi connectivity index (χ0v) is 9.53. The first-order valence-electron chi connectivity index (χ1n) is 5.40. The third-order valence-corrected chi connectivity index (χ3v) is 2.65. The van der Waals surface area contributed by atoms with Crippen molar-refractivity contribution >= 4 is 12.0 Å². The van der Waals surface area contributed by atoms with E-state index in [0.717, 1.165) is 12.0 Å². The van der Waals surface area contributed by atoms with E-state index in [2.05, 4.69) is 11.9 Å². The van der Waals surface area contributed by atoms with Crippen molar-refractivity contribution in [2.45, 2.75) is 19.8 Å². The van der Waals surface area contributed by atoms with Crippen LogP contribution in [0.4, 0.5) is 4.79 Å². The molecule has 90 valence electrons. The molecule has 1 saturated heterocycles. The third-order valence-electron chi connectivity index (χ3n) is 2.65. The van der Waals surface area contributed by atoms with Gasteiger partial charge in [-0.05, 0) is 19.8 Å². The van der Waals surface area contributed by atoms with Gasteiger partial charge in [-0.15, -0.1) is 6.58 Å². The number of urea groups is 1. The Bertz CT molecular complexity index is 302. The van der Waals surface area contributed by atoms with E-state index in [-0.39, 0.29) is 6.03 Å². The summed E-state index contributed by atoms with van der Waals surface area (Å²) >= 11 is 0. The summed E-state index contributed by atoms with van der Waals surface area (Å²) in [6.07, 6.45) is 1.30. The maximum atomic E-state index is 11.6. The fourth-order valence-electron chi connectivity index (χ4n) is 1.64. The topological polar surface area (TPSA) is 69.6 Å². The Kier molecular flexibility index (Phi) is 4.34. The van der Waals surface area contributed by atoms with Gasteiger partial charge in [0.2, 0.25) is 0 Å². The number of rotatable bonds is 4. The lowest BCUT2D eigenvalue weighted by molar-refractivity contribution is -0.141. The van der Waals surface area contributed by atoms with Gasteiger partial charge in [0, 0.05) is 19.6 Å². The van der Waals surface area contributed by atoms with Crippen molar-refractivity contribution in [3.05, 3.63) is 12.2 Å². The molecule has 1 unspecified atom stereocenters. The van der Waals surface area contributed by atoms with E-state index in [0.29, 0.717) is 26.1 Å². The van der Waals surface area contributed by atoms with Gasteiger partial charge in [-0.1, -0.05) is 5.57 Å². The number of nitrogens with one attached hydrogen (secondary N) is 1. The molecule has 2 amide bonds. The van der Waals surface area contributed by atoms with Crippen molar-refractivity contribution in [3.63, 3.8) is 0 Å².